The second-order valence-corrected chi connectivity index (χ2v) is 5.32. The highest BCUT2D eigenvalue weighted by atomic mass is 16.5. The van der Waals surface area contributed by atoms with Crippen molar-refractivity contribution >= 4 is 21.9 Å². The van der Waals surface area contributed by atoms with E-state index in [9.17, 15) is 4.79 Å². The van der Waals surface area contributed by atoms with Crippen LogP contribution in [0.25, 0.3) is 21.9 Å². The molecule has 0 atom stereocenters. The van der Waals surface area contributed by atoms with E-state index in [1.165, 1.54) is 0 Å². The van der Waals surface area contributed by atoms with Crippen molar-refractivity contribution < 1.29 is 9.15 Å². The van der Waals surface area contributed by atoms with Crippen molar-refractivity contribution in [3.8, 4) is 0 Å². The maximum atomic E-state index is 12.3. The standard InChI is InChI=1S/C18H19NO3/c1-3-21-10-6-7-13-11-19-17-14-8-4-5-9-15(14)22-18(20)16(17)12(13)2/h4-5,8-9,11H,3,6-7,10H2,1-2H3. The molecule has 0 amide bonds. The van der Waals surface area contributed by atoms with Crippen molar-refractivity contribution in [1.29, 1.82) is 0 Å². The molecule has 0 saturated carbocycles. The predicted octanol–water partition coefficient (Wildman–Crippen LogP) is 3.62. The van der Waals surface area contributed by atoms with E-state index in [1.807, 2.05) is 38.2 Å². The third-order valence-electron chi connectivity index (χ3n) is 3.93. The normalized spacial score (nSPS) is 11.4. The molecule has 0 radical (unpaired) electrons. The average molecular weight is 297 g/mol. The van der Waals surface area contributed by atoms with Crippen molar-refractivity contribution in [2.75, 3.05) is 13.2 Å². The smallest absolute Gasteiger partial charge is 0.346 e. The summed E-state index contributed by atoms with van der Waals surface area (Å²) in [5.41, 5.74) is 3.02. The van der Waals surface area contributed by atoms with Crippen molar-refractivity contribution in [3.63, 3.8) is 0 Å². The molecule has 4 heteroatoms. The zero-order valence-electron chi connectivity index (χ0n) is 12.9. The molecule has 22 heavy (non-hydrogen) atoms. The number of rotatable bonds is 5. The van der Waals surface area contributed by atoms with Gasteiger partial charge in [-0.15, -0.1) is 0 Å². The van der Waals surface area contributed by atoms with Crippen LogP contribution in [0.4, 0.5) is 0 Å². The topological polar surface area (TPSA) is 52.3 Å². The monoisotopic (exact) mass is 297 g/mol. The number of aromatic nitrogens is 1. The van der Waals surface area contributed by atoms with Gasteiger partial charge in [-0.3, -0.25) is 4.98 Å². The number of benzene rings is 1. The van der Waals surface area contributed by atoms with Crippen molar-refractivity contribution in [3.05, 3.63) is 52.0 Å². The molecule has 0 unspecified atom stereocenters. The van der Waals surface area contributed by atoms with Gasteiger partial charge in [0.05, 0.1) is 10.9 Å². The van der Waals surface area contributed by atoms with Crippen LogP contribution < -0.4 is 5.63 Å². The van der Waals surface area contributed by atoms with Crippen LogP contribution in [0.3, 0.4) is 0 Å². The van der Waals surface area contributed by atoms with Crippen molar-refractivity contribution in [2.45, 2.75) is 26.7 Å². The zero-order valence-corrected chi connectivity index (χ0v) is 12.9. The molecule has 3 aromatic rings. The van der Waals surface area contributed by atoms with Gasteiger partial charge in [-0.2, -0.15) is 0 Å². The van der Waals surface area contributed by atoms with Crippen LogP contribution in [-0.4, -0.2) is 18.2 Å². The molecule has 1 aromatic carbocycles. The minimum atomic E-state index is -0.314. The first-order valence-corrected chi connectivity index (χ1v) is 7.60. The minimum Gasteiger partial charge on any atom is -0.422 e. The van der Waals surface area contributed by atoms with Gasteiger partial charge < -0.3 is 9.15 Å². The fourth-order valence-electron chi connectivity index (χ4n) is 2.76. The number of para-hydroxylation sites is 1. The van der Waals surface area contributed by atoms with Crippen LogP contribution in [0.1, 0.15) is 24.5 Å². The Labute approximate surface area is 128 Å². The second kappa shape index (κ2) is 6.28. The molecular formula is C18H19NO3. The Morgan fingerprint density at radius 3 is 2.91 bits per heavy atom. The van der Waals surface area contributed by atoms with Gasteiger partial charge in [0.2, 0.25) is 0 Å². The van der Waals surface area contributed by atoms with Crippen LogP contribution in [-0.2, 0) is 11.2 Å². The first-order valence-electron chi connectivity index (χ1n) is 7.60. The summed E-state index contributed by atoms with van der Waals surface area (Å²) in [6, 6.07) is 7.51. The molecular weight excluding hydrogens is 278 g/mol. The lowest BCUT2D eigenvalue weighted by Crippen LogP contribution is -2.06. The van der Waals surface area contributed by atoms with E-state index >= 15 is 0 Å². The summed E-state index contributed by atoms with van der Waals surface area (Å²) in [5, 5.41) is 1.47. The van der Waals surface area contributed by atoms with Crippen LogP contribution in [0, 0.1) is 6.92 Å². The van der Waals surface area contributed by atoms with Crippen molar-refractivity contribution in [2.24, 2.45) is 0 Å². The predicted molar refractivity (Wildman–Crippen MR) is 87.3 cm³/mol. The molecule has 2 aromatic heterocycles. The highest BCUT2D eigenvalue weighted by Crippen LogP contribution is 2.24. The molecule has 3 rings (SSSR count). The minimum absolute atomic E-state index is 0.314. The van der Waals surface area contributed by atoms with E-state index in [0.29, 0.717) is 11.0 Å². The molecule has 114 valence electrons. The Morgan fingerprint density at radius 1 is 1.27 bits per heavy atom. The highest BCUT2D eigenvalue weighted by Gasteiger charge is 2.13. The molecule has 0 aliphatic heterocycles. The summed E-state index contributed by atoms with van der Waals surface area (Å²) < 4.78 is 10.8. The molecule has 0 N–H and O–H groups in total. The lowest BCUT2D eigenvalue weighted by atomic mass is 10.0. The van der Waals surface area contributed by atoms with E-state index in [2.05, 4.69) is 4.98 Å². The van der Waals surface area contributed by atoms with Gasteiger partial charge in [-0.05, 0) is 49.9 Å². The van der Waals surface area contributed by atoms with Crippen molar-refractivity contribution in [1.82, 2.24) is 4.98 Å². The van der Waals surface area contributed by atoms with E-state index in [-0.39, 0.29) is 5.63 Å². The largest absolute Gasteiger partial charge is 0.422 e. The summed E-state index contributed by atoms with van der Waals surface area (Å²) in [5.74, 6) is 0. The van der Waals surface area contributed by atoms with Gasteiger partial charge in [-0.25, -0.2) is 4.79 Å². The third kappa shape index (κ3) is 2.62. The molecule has 0 aliphatic carbocycles. The molecule has 0 bridgehead atoms. The van der Waals surface area contributed by atoms with Gasteiger partial charge in [0, 0.05) is 24.8 Å². The maximum absolute atomic E-state index is 12.3. The van der Waals surface area contributed by atoms with Gasteiger partial charge in [0.15, 0.2) is 0 Å². The van der Waals surface area contributed by atoms with Gasteiger partial charge >= 0.3 is 5.63 Å². The number of pyridine rings is 1. The van der Waals surface area contributed by atoms with Crippen LogP contribution in [0.5, 0.6) is 0 Å². The van der Waals surface area contributed by atoms with E-state index in [4.69, 9.17) is 9.15 Å². The van der Waals surface area contributed by atoms with Gasteiger partial charge in [-0.1, -0.05) is 12.1 Å². The second-order valence-electron chi connectivity index (χ2n) is 5.32. The van der Waals surface area contributed by atoms with Crippen LogP contribution >= 0.6 is 0 Å². The Bertz CT molecular complexity index is 867. The quantitative estimate of drug-likeness (QED) is 0.410. The SMILES string of the molecule is CCOCCCc1cnc2c(c1C)c(=O)oc1ccccc12. The van der Waals surface area contributed by atoms with Gasteiger partial charge in [0.1, 0.15) is 5.58 Å². The zero-order chi connectivity index (χ0) is 15.5. The molecule has 0 saturated heterocycles. The van der Waals surface area contributed by atoms with Crippen LogP contribution in [0.2, 0.25) is 0 Å². The summed E-state index contributed by atoms with van der Waals surface area (Å²) in [7, 11) is 0. The summed E-state index contributed by atoms with van der Waals surface area (Å²) in [6.07, 6.45) is 3.64. The fourth-order valence-corrected chi connectivity index (χ4v) is 2.76. The third-order valence-corrected chi connectivity index (χ3v) is 3.93. The lowest BCUT2D eigenvalue weighted by molar-refractivity contribution is 0.145. The summed E-state index contributed by atoms with van der Waals surface area (Å²) >= 11 is 0. The number of hydrogen-bond donors (Lipinski definition) is 0. The highest BCUT2D eigenvalue weighted by molar-refractivity contribution is 6.02. The summed E-state index contributed by atoms with van der Waals surface area (Å²) in [6.45, 7) is 5.40. The molecule has 2 heterocycles. The lowest BCUT2D eigenvalue weighted by Gasteiger charge is -2.09. The Hall–Kier alpha value is -2.20. The first kappa shape index (κ1) is 14.7. The van der Waals surface area contributed by atoms with Gasteiger partial charge in [0.25, 0.3) is 0 Å². The molecule has 0 aliphatic rings. The summed E-state index contributed by atoms with van der Waals surface area (Å²) in [4.78, 5) is 16.8. The molecule has 4 nitrogen and oxygen atoms in total. The first-order chi connectivity index (χ1) is 10.7. The number of ether oxygens (including phenoxy) is 1. The fraction of sp³-hybridized carbons (Fsp3) is 0.333. The maximum Gasteiger partial charge on any atom is 0.346 e. The van der Waals surface area contributed by atoms with E-state index < -0.39 is 0 Å². The van der Waals surface area contributed by atoms with Crippen LogP contribution in [0.15, 0.2) is 39.7 Å². The average Bonchev–Trinajstić information content (AvgIpc) is 2.53. The molecule has 0 fully saturated rings. The Balaban J connectivity index is 2.09. The van der Waals surface area contributed by atoms with E-state index in [0.717, 1.165) is 48.1 Å². The Kier molecular flexibility index (Phi) is 4.20. The Morgan fingerprint density at radius 2 is 2.09 bits per heavy atom. The number of nitrogens with zero attached hydrogens (tertiary/aromatic N) is 1. The van der Waals surface area contributed by atoms with E-state index in [1.54, 1.807) is 6.07 Å². The number of hydrogen-bond acceptors (Lipinski definition) is 4. The number of aryl methyl sites for hydroxylation is 2. The molecule has 0 spiro atoms. The number of fused-ring (bicyclic) bond motifs is 3.